The van der Waals surface area contributed by atoms with Gasteiger partial charge in [-0.1, -0.05) is 12.1 Å². The van der Waals surface area contributed by atoms with Crippen molar-refractivity contribution >= 4 is 17.5 Å². The van der Waals surface area contributed by atoms with Crippen molar-refractivity contribution in [2.24, 2.45) is 0 Å². The first-order valence-corrected chi connectivity index (χ1v) is 8.99. The summed E-state index contributed by atoms with van der Waals surface area (Å²) in [5.41, 5.74) is 1.60. The molecule has 2 heterocycles. The largest absolute Gasteiger partial charge is 0.366 e. The lowest BCUT2D eigenvalue weighted by Gasteiger charge is -2.36. The van der Waals surface area contributed by atoms with E-state index in [0.717, 1.165) is 5.56 Å². The zero-order valence-electron chi connectivity index (χ0n) is 15.3. The van der Waals surface area contributed by atoms with Crippen LogP contribution in [0.2, 0.25) is 0 Å². The molecule has 0 atom stereocenters. The maximum absolute atomic E-state index is 13.9. The number of benzene rings is 1. The summed E-state index contributed by atoms with van der Waals surface area (Å²) in [6.45, 7) is 2.26. The number of para-hydroxylation sites is 1. The monoisotopic (exact) mass is 370 g/mol. The number of hydrogen-bond acceptors (Lipinski definition) is 4. The van der Waals surface area contributed by atoms with E-state index in [9.17, 15) is 14.0 Å². The van der Waals surface area contributed by atoms with Crippen molar-refractivity contribution in [2.45, 2.75) is 6.42 Å². The number of amides is 2. The molecular weight excluding hydrogens is 347 g/mol. The molecule has 1 aliphatic heterocycles. The number of nitrogens with zero attached hydrogens (tertiary/aromatic N) is 4. The van der Waals surface area contributed by atoms with Crippen LogP contribution in [0.4, 0.5) is 10.1 Å². The SMILES string of the molecule is CN(CCc1ccncc1)C(=O)C(=O)N1CCN(c2ccccc2F)CC1. The molecule has 1 fully saturated rings. The summed E-state index contributed by atoms with van der Waals surface area (Å²) in [5.74, 6) is -1.28. The summed E-state index contributed by atoms with van der Waals surface area (Å²) in [6, 6.07) is 10.4. The topological polar surface area (TPSA) is 56.8 Å². The molecule has 1 aromatic heterocycles. The van der Waals surface area contributed by atoms with E-state index >= 15 is 0 Å². The number of carbonyl (C=O) groups is 2. The molecule has 27 heavy (non-hydrogen) atoms. The van der Waals surface area contributed by atoms with E-state index in [1.54, 1.807) is 42.5 Å². The number of hydrogen-bond donors (Lipinski definition) is 0. The van der Waals surface area contributed by atoms with Gasteiger partial charge in [-0.2, -0.15) is 0 Å². The summed E-state index contributed by atoms with van der Waals surface area (Å²) < 4.78 is 13.9. The first kappa shape index (κ1) is 18.8. The number of anilines is 1. The minimum Gasteiger partial charge on any atom is -0.366 e. The van der Waals surface area contributed by atoms with Crippen LogP contribution in [0.25, 0.3) is 0 Å². The van der Waals surface area contributed by atoms with Gasteiger partial charge in [0.1, 0.15) is 5.82 Å². The van der Waals surface area contributed by atoms with Gasteiger partial charge < -0.3 is 14.7 Å². The number of rotatable bonds is 4. The van der Waals surface area contributed by atoms with Crippen LogP contribution < -0.4 is 4.90 Å². The molecule has 1 aliphatic rings. The Bertz CT molecular complexity index is 792. The number of carbonyl (C=O) groups excluding carboxylic acids is 2. The maximum atomic E-state index is 13.9. The van der Waals surface area contributed by atoms with E-state index in [-0.39, 0.29) is 5.82 Å². The highest BCUT2D eigenvalue weighted by molar-refractivity contribution is 6.34. The van der Waals surface area contributed by atoms with Gasteiger partial charge in [0.15, 0.2) is 0 Å². The van der Waals surface area contributed by atoms with E-state index in [1.165, 1.54) is 11.0 Å². The van der Waals surface area contributed by atoms with Crippen molar-refractivity contribution < 1.29 is 14.0 Å². The van der Waals surface area contributed by atoms with Crippen molar-refractivity contribution in [2.75, 3.05) is 44.7 Å². The highest BCUT2D eigenvalue weighted by Crippen LogP contribution is 2.20. The Morgan fingerprint density at radius 1 is 1.07 bits per heavy atom. The van der Waals surface area contributed by atoms with Crippen LogP contribution in [-0.2, 0) is 16.0 Å². The summed E-state index contributed by atoms with van der Waals surface area (Å²) in [4.78, 5) is 33.8. The van der Waals surface area contributed by atoms with E-state index in [2.05, 4.69) is 4.98 Å². The molecule has 0 saturated carbocycles. The molecule has 2 amide bonds. The van der Waals surface area contributed by atoms with Gasteiger partial charge in [0.05, 0.1) is 5.69 Å². The molecule has 3 rings (SSSR count). The average molecular weight is 370 g/mol. The Morgan fingerprint density at radius 3 is 2.41 bits per heavy atom. The van der Waals surface area contributed by atoms with Gasteiger partial charge in [-0.05, 0) is 36.2 Å². The molecule has 0 aliphatic carbocycles. The number of halogens is 1. The fraction of sp³-hybridized carbons (Fsp3) is 0.350. The summed E-state index contributed by atoms with van der Waals surface area (Å²) in [5, 5.41) is 0. The molecule has 1 aromatic carbocycles. The van der Waals surface area contributed by atoms with Crippen LogP contribution in [0.1, 0.15) is 5.56 Å². The van der Waals surface area contributed by atoms with Crippen LogP contribution in [-0.4, -0.2) is 66.4 Å². The minimum absolute atomic E-state index is 0.274. The van der Waals surface area contributed by atoms with E-state index in [4.69, 9.17) is 0 Å². The van der Waals surface area contributed by atoms with Crippen LogP contribution in [0.5, 0.6) is 0 Å². The number of aromatic nitrogens is 1. The van der Waals surface area contributed by atoms with Gasteiger partial charge >= 0.3 is 11.8 Å². The fourth-order valence-electron chi connectivity index (χ4n) is 3.10. The fourth-order valence-corrected chi connectivity index (χ4v) is 3.10. The lowest BCUT2D eigenvalue weighted by molar-refractivity contribution is -0.151. The summed E-state index contributed by atoms with van der Waals surface area (Å²) >= 11 is 0. The molecular formula is C20H23FN4O2. The molecule has 2 aromatic rings. The standard InChI is InChI=1S/C20H23FN4O2/c1-23(11-8-16-6-9-22-10-7-16)19(26)20(27)25-14-12-24(13-15-25)18-5-3-2-4-17(18)21/h2-7,9-10H,8,11-15H2,1H3. The molecule has 142 valence electrons. The number of pyridine rings is 1. The second-order valence-electron chi connectivity index (χ2n) is 6.56. The smallest absolute Gasteiger partial charge is 0.312 e. The summed E-state index contributed by atoms with van der Waals surface area (Å²) in [7, 11) is 1.64. The van der Waals surface area contributed by atoms with E-state index < -0.39 is 11.8 Å². The molecule has 1 saturated heterocycles. The van der Waals surface area contributed by atoms with Crippen LogP contribution in [0.3, 0.4) is 0 Å². The van der Waals surface area contributed by atoms with Gasteiger partial charge in [-0.25, -0.2) is 4.39 Å². The minimum atomic E-state index is -0.511. The zero-order valence-corrected chi connectivity index (χ0v) is 15.3. The average Bonchev–Trinajstić information content (AvgIpc) is 2.72. The quantitative estimate of drug-likeness (QED) is 0.767. The van der Waals surface area contributed by atoms with Crippen molar-refractivity contribution in [1.29, 1.82) is 0 Å². The molecule has 7 heteroatoms. The Hall–Kier alpha value is -2.96. The molecule has 0 N–H and O–H groups in total. The van der Waals surface area contributed by atoms with Crippen LogP contribution in [0.15, 0.2) is 48.8 Å². The first-order valence-electron chi connectivity index (χ1n) is 8.99. The molecule has 0 radical (unpaired) electrons. The van der Waals surface area contributed by atoms with Gasteiger partial charge in [-0.15, -0.1) is 0 Å². The third-order valence-electron chi connectivity index (χ3n) is 4.77. The van der Waals surface area contributed by atoms with E-state index in [1.807, 2.05) is 17.0 Å². The third kappa shape index (κ3) is 4.61. The van der Waals surface area contributed by atoms with Gasteiger partial charge in [0.25, 0.3) is 0 Å². The normalized spacial score (nSPS) is 14.1. The Labute approximate surface area is 158 Å². The molecule has 0 bridgehead atoms. The van der Waals surface area contributed by atoms with Gasteiger partial charge in [0, 0.05) is 52.2 Å². The predicted molar refractivity (Wildman–Crippen MR) is 101 cm³/mol. The molecule has 6 nitrogen and oxygen atoms in total. The lowest BCUT2D eigenvalue weighted by atomic mass is 10.2. The predicted octanol–water partition coefficient (Wildman–Crippen LogP) is 1.57. The van der Waals surface area contributed by atoms with Crippen molar-refractivity contribution in [3.05, 3.63) is 60.2 Å². The van der Waals surface area contributed by atoms with Crippen molar-refractivity contribution in [3.63, 3.8) is 0 Å². The second kappa shape index (κ2) is 8.62. The molecule has 0 unspecified atom stereocenters. The van der Waals surface area contributed by atoms with Crippen LogP contribution >= 0.6 is 0 Å². The lowest BCUT2D eigenvalue weighted by Crippen LogP contribution is -2.53. The Morgan fingerprint density at radius 2 is 1.74 bits per heavy atom. The third-order valence-corrected chi connectivity index (χ3v) is 4.77. The Kier molecular flexibility index (Phi) is 6.01. The first-order chi connectivity index (χ1) is 13.1. The van der Waals surface area contributed by atoms with E-state index in [0.29, 0.717) is 44.8 Å². The maximum Gasteiger partial charge on any atom is 0.312 e. The van der Waals surface area contributed by atoms with Crippen molar-refractivity contribution in [3.8, 4) is 0 Å². The number of piperazine rings is 1. The summed E-state index contributed by atoms with van der Waals surface area (Å²) in [6.07, 6.45) is 4.08. The van der Waals surface area contributed by atoms with Crippen LogP contribution in [0, 0.1) is 5.82 Å². The number of likely N-dealkylation sites (N-methyl/N-ethyl adjacent to an activating group) is 1. The zero-order chi connectivity index (χ0) is 19.2. The highest BCUT2D eigenvalue weighted by atomic mass is 19.1. The van der Waals surface area contributed by atoms with Gasteiger partial charge in [-0.3, -0.25) is 14.6 Å². The Balaban J connectivity index is 1.51. The van der Waals surface area contributed by atoms with Crippen molar-refractivity contribution in [1.82, 2.24) is 14.8 Å². The highest BCUT2D eigenvalue weighted by Gasteiger charge is 2.28. The van der Waals surface area contributed by atoms with Gasteiger partial charge in [0.2, 0.25) is 0 Å². The second-order valence-corrected chi connectivity index (χ2v) is 6.56. The molecule has 0 spiro atoms.